The summed E-state index contributed by atoms with van der Waals surface area (Å²) < 4.78 is 28.5. The van der Waals surface area contributed by atoms with Crippen LogP contribution < -0.4 is 5.73 Å². The molecule has 5 heteroatoms. The molecule has 1 aromatic heterocycles. The summed E-state index contributed by atoms with van der Waals surface area (Å²) >= 11 is 3.06. The number of fused-ring (bicyclic) bond motifs is 1. The quantitative estimate of drug-likeness (QED) is 0.748. The van der Waals surface area contributed by atoms with Gasteiger partial charge in [0.2, 0.25) is 0 Å². The van der Waals surface area contributed by atoms with Gasteiger partial charge in [0, 0.05) is 27.8 Å². The fourth-order valence-electron chi connectivity index (χ4n) is 2.41. The molecule has 0 aliphatic rings. The lowest BCUT2D eigenvalue weighted by atomic mass is 9.94. The molecule has 0 spiro atoms. The lowest BCUT2D eigenvalue weighted by Crippen LogP contribution is -2.16. The van der Waals surface area contributed by atoms with E-state index in [9.17, 15) is 8.78 Å². The van der Waals surface area contributed by atoms with Gasteiger partial charge in [-0.25, -0.2) is 8.78 Å². The number of rotatable bonds is 2. The summed E-state index contributed by atoms with van der Waals surface area (Å²) in [5.41, 5.74) is 6.61. The van der Waals surface area contributed by atoms with Crippen LogP contribution in [0.25, 0.3) is 10.8 Å². The molecule has 0 saturated carbocycles. The van der Waals surface area contributed by atoms with E-state index in [-0.39, 0.29) is 5.56 Å². The summed E-state index contributed by atoms with van der Waals surface area (Å²) in [7, 11) is 0. The largest absolute Gasteiger partial charge is 0.320 e. The first-order valence-corrected chi connectivity index (χ1v) is 7.10. The van der Waals surface area contributed by atoms with Crippen molar-refractivity contribution in [2.75, 3.05) is 0 Å². The predicted molar refractivity (Wildman–Crippen MR) is 81.8 cm³/mol. The molecule has 0 fully saturated rings. The van der Waals surface area contributed by atoms with E-state index < -0.39 is 17.7 Å². The lowest BCUT2D eigenvalue weighted by Gasteiger charge is -2.16. The van der Waals surface area contributed by atoms with Gasteiger partial charge in [-0.1, -0.05) is 34.1 Å². The third-order valence-electron chi connectivity index (χ3n) is 3.41. The van der Waals surface area contributed by atoms with Crippen LogP contribution in [0.1, 0.15) is 17.2 Å². The summed E-state index contributed by atoms with van der Waals surface area (Å²) in [6.45, 7) is 0. The van der Waals surface area contributed by atoms with Crippen LogP contribution in [0.4, 0.5) is 8.78 Å². The van der Waals surface area contributed by atoms with Gasteiger partial charge in [0.15, 0.2) is 0 Å². The maximum atomic E-state index is 14.1. The molecule has 21 heavy (non-hydrogen) atoms. The van der Waals surface area contributed by atoms with Crippen LogP contribution in [0.15, 0.2) is 53.3 Å². The topological polar surface area (TPSA) is 38.9 Å². The van der Waals surface area contributed by atoms with Crippen LogP contribution in [-0.4, -0.2) is 4.98 Å². The first kappa shape index (κ1) is 14.1. The molecule has 0 amide bonds. The second-order valence-corrected chi connectivity index (χ2v) is 5.62. The number of nitrogens with zero attached hydrogens (tertiary/aromatic N) is 1. The molecule has 2 N–H and O–H groups in total. The second kappa shape index (κ2) is 5.50. The normalized spacial score (nSPS) is 12.6. The Morgan fingerprint density at radius 2 is 1.81 bits per heavy atom. The van der Waals surface area contributed by atoms with Crippen molar-refractivity contribution in [3.63, 3.8) is 0 Å². The molecule has 0 radical (unpaired) electrons. The number of pyridine rings is 1. The van der Waals surface area contributed by atoms with Crippen LogP contribution in [0.2, 0.25) is 0 Å². The number of hydrogen-bond acceptors (Lipinski definition) is 2. The highest BCUT2D eigenvalue weighted by Crippen LogP contribution is 2.31. The minimum Gasteiger partial charge on any atom is -0.320 e. The monoisotopic (exact) mass is 348 g/mol. The van der Waals surface area contributed by atoms with Crippen molar-refractivity contribution in [1.82, 2.24) is 4.98 Å². The maximum Gasteiger partial charge on any atom is 0.132 e. The molecule has 106 valence electrons. The number of benzene rings is 2. The fraction of sp³-hybridized carbons (Fsp3) is 0.0625. The Kier molecular flexibility index (Phi) is 3.69. The minimum absolute atomic E-state index is 0.144. The van der Waals surface area contributed by atoms with E-state index in [0.717, 1.165) is 10.8 Å². The average Bonchev–Trinajstić information content (AvgIpc) is 2.45. The van der Waals surface area contributed by atoms with Crippen molar-refractivity contribution in [3.8, 4) is 0 Å². The second-order valence-electron chi connectivity index (χ2n) is 4.70. The zero-order valence-corrected chi connectivity index (χ0v) is 12.4. The van der Waals surface area contributed by atoms with Crippen molar-refractivity contribution in [2.45, 2.75) is 6.04 Å². The summed E-state index contributed by atoms with van der Waals surface area (Å²) in [4.78, 5) is 4.06. The number of nitrogens with two attached hydrogens (primary N) is 1. The first-order valence-electron chi connectivity index (χ1n) is 6.30. The molecule has 0 aliphatic heterocycles. The van der Waals surface area contributed by atoms with Crippen LogP contribution >= 0.6 is 15.9 Å². The standard InChI is InChI=1S/C16H11BrF2N2/c17-10-6-13(18)15(14(19)7-10)16(20)11-3-1-2-9-4-5-21-8-12(9)11/h1-8,16H,20H2. The molecule has 0 bridgehead atoms. The molecule has 3 rings (SSSR count). The van der Waals surface area contributed by atoms with Crippen LogP contribution in [0.5, 0.6) is 0 Å². The minimum atomic E-state index is -0.897. The number of halogens is 3. The summed E-state index contributed by atoms with van der Waals surface area (Å²) in [6.07, 6.45) is 3.32. The Morgan fingerprint density at radius 1 is 1.10 bits per heavy atom. The van der Waals surface area contributed by atoms with E-state index >= 15 is 0 Å². The van der Waals surface area contributed by atoms with E-state index in [1.165, 1.54) is 12.1 Å². The first-order chi connectivity index (χ1) is 10.1. The molecule has 3 aromatic rings. The Labute approximate surface area is 128 Å². The lowest BCUT2D eigenvalue weighted by molar-refractivity contribution is 0.542. The van der Waals surface area contributed by atoms with E-state index in [0.29, 0.717) is 10.0 Å². The molecule has 1 unspecified atom stereocenters. The van der Waals surface area contributed by atoms with E-state index in [4.69, 9.17) is 5.73 Å². The molecule has 1 atom stereocenters. The smallest absolute Gasteiger partial charge is 0.132 e. The van der Waals surface area contributed by atoms with Gasteiger partial charge >= 0.3 is 0 Å². The van der Waals surface area contributed by atoms with Crippen LogP contribution in [0.3, 0.4) is 0 Å². The van der Waals surface area contributed by atoms with E-state index in [1.54, 1.807) is 18.5 Å². The summed E-state index contributed by atoms with van der Waals surface area (Å²) in [5, 5.41) is 1.71. The van der Waals surface area contributed by atoms with Crippen molar-refractivity contribution >= 4 is 26.7 Å². The third kappa shape index (κ3) is 2.54. The van der Waals surface area contributed by atoms with Gasteiger partial charge in [0.05, 0.1) is 6.04 Å². The molecule has 2 nitrogen and oxygen atoms in total. The van der Waals surface area contributed by atoms with Crippen LogP contribution in [0, 0.1) is 11.6 Å². The fourth-order valence-corrected chi connectivity index (χ4v) is 2.82. The number of hydrogen-bond donors (Lipinski definition) is 1. The molecule has 2 aromatic carbocycles. The predicted octanol–water partition coefficient (Wildman–Crippen LogP) is 4.32. The molecule has 0 aliphatic carbocycles. The molecule has 0 saturated heterocycles. The zero-order valence-electron chi connectivity index (χ0n) is 10.9. The third-order valence-corrected chi connectivity index (χ3v) is 3.87. The van der Waals surface area contributed by atoms with Crippen molar-refractivity contribution in [2.24, 2.45) is 5.73 Å². The molecular weight excluding hydrogens is 338 g/mol. The Morgan fingerprint density at radius 3 is 2.52 bits per heavy atom. The van der Waals surface area contributed by atoms with Gasteiger partial charge in [-0.3, -0.25) is 4.98 Å². The van der Waals surface area contributed by atoms with Gasteiger partial charge < -0.3 is 5.73 Å². The molecule has 1 heterocycles. The Bertz CT molecular complexity index is 792. The van der Waals surface area contributed by atoms with Crippen molar-refractivity contribution < 1.29 is 8.78 Å². The van der Waals surface area contributed by atoms with Crippen molar-refractivity contribution in [1.29, 1.82) is 0 Å². The Hall–Kier alpha value is -1.85. The van der Waals surface area contributed by atoms with Gasteiger partial charge in [0.25, 0.3) is 0 Å². The van der Waals surface area contributed by atoms with Crippen molar-refractivity contribution in [3.05, 3.63) is 76.0 Å². The Balaban J connectivity index is 2.20. The average molecular weight is 349 g/mol. The van der Waals surface area contributed by atoms with Crippen LogP contribution in [-0.2, 0) is 0 Å². The summed E-state index contributed by atoms with van der Waals surface area (Å²) in [6, 6.07) is 8.83. The van der Waals surface area contributed by atoms with E-state index in [1.807, 2.05) is 18.2 Å². The molecular formula is C16H11BrF2N2. The highest BCUT2D eigenvalue weighted by Gasteiger charge is 2.20. The highest BCUT2D eigenvalue weighted by molar-refractivity contribution is 9.10. The number of aromatic nitrogens is 1. The van der Waals surface area contributed by atoms with Gasteiger partial charge in [-0.05, 0) is 29.1 Å². The summed E-state index contributed by atoms with van der Waals surface area (Å²) in [5.74, 6) is -1.34. The van der Waals surface area contributed by atoms with Gasteiger partial charge in [-0.15, -0.1) is 0 Å². The van der Waals surface area contributed by atoms with E-state index in [2.05, 4.69) is 20.9 Å². The maximum absolute atomic E-state index is 14.1. The van der Waals surface area contributed by atoms with Gasteiger partial charge in [-0.2, -0.15) is 0 Å². The SMILES string of the molecule is NC(c1c(F)cc(Br)cc1F)c1cccc2ccncc12. The highest BCUT2D eigenvalue weighted by atomic mass is 79.9. The van der Waals surface area contributed by atoms with Gasteiger partial charge in [0.1, 0.15) is 11.6 Å². The zero-order chi connectivity index (χ0) is 15.0.